The highest BCUT2D eigenvalue weighted by atomic mass is 79.9. The van der Waals surface area contributed by atoms with Gasteiger partial charge in [-0.2, -0.15) is 0 Å². The lowest BCUT2D eigenvalue weighted by Gasteiger charge is -2.17. The first kappa shape index (κ1) is 14.7. The van der Waals surface area contributed by atoms with E-state index in [0.717, 1.165) is 10.0 Å². The van der Waals surface area contributed by atoms with E-state index in [4.69, 9.17) is 0 Å². The van der Waals surface area contributed by atoms with Gasteiger partial charge in [0, 0.05) is 10.5 Å². The summed E-state index contributed by atoms with van der Waals surface area (Å²) in [5, 5.41) is 1.76. The lowest BCUT2D eigenvalue weighted by molar-refractivity contribution is 0.552. The second-order valence-electron chi connectivity index (χ2n) is 4.07. The number of hydrogen-bond donors (Lipinski definition) is 1. The van der Waals surface area contributed by atoms with Crippen LogP contribution in [-0.2, 0) is 10.0 Å². The van der Waals surface area contributed by atoms with Crippen LogP contribution in [0.15, 0.2) is 50.5 Å². The van der Waals surface area contributed by atoms with E-state index in [1.807, 2.05) is 31.2 Å². The van der Waals surface area contributed by atoms with Crippen LogP contribution in [0.3, 0.4) is 0 Å². The van der Waals surface area contributed by atoms with Crippen molar-refractivity contribution in [3.63, 3.8) is 0 Å². The average Bonchev–Trinajstić information content (AvgIpc) is 2.92. The largest absolute Gasteiger partial charge is 0.250 e. The highest BCUT2D eigenvalue weighted by molar-refractivity contribution is 9.10. The molecule has 0 aliphatic carbocycles. The molecule has 102 valence electrons. The zero-order valence-electron chi connectivity index (χ0n) is 10.3. The topological polar surface area (TPSA) is 46.2 Å². The molecule has 6 heteroatoms. The van der Waals surface area contributed by atoms with Crippen LogP contribution in [0.2, 0.25) is 0 Å². The first-order chi connectivity index (χ1) is 9.03. The molecule has 0 bridgehead atoms. The molecule has 3 nitrogen and oxygen atoms in total. The van der Waals surface area contributed by atoms with E-state index in [0.29, 0.717) is 10.6 Å². The predicted molar refractivity (Wildman–Crippen MR) is 81.8 cm³/mol. The molecule has 2 rings (SSSR count). The van der Waals surface area contributed by atoms with Gasteiger partial charge in [-0.15, -0.1) is 11.3 Å². The Kier molecular flexibility index (Phi) is 4.78. The molecule has 2 aromatic rings. The van der Waals surface area contributed by atoms with Crippen molar-refractivity contribution in [1.29, 1.82) is 0 Å². The van der Waals surface area contributed by atoms with Crippen molar-refractivity contribution in [2.45, 2.75) is 23.6 Å². The standard InChI is InChI=1S/C13H14BrNO2S2/c1-2-12(10-5-7-11(14)8-6-10)15-19(16,17)13-4-3-9-18-13/h3-9,12,15H,2H2,1H3. The molecule has 0 fully saturated rings. The van der Waals surface area contributed by atoms with Gasteiger partial charge in [-0.1, -0.05) is 41.1 Å². The Morgan fingerprint density at radius 2 is 1.95 bits per heavy atom. The van der Waals surface area contributed by atoms with Crippen LogP contribution in [0.25, 0.3) is 0 Å². The van der Waals surface area contributed by atoms with Crippen LogP contribution in [0.5, 0.6) is 0 Å². The van der Waals surface area contributed by atoms with Gasteiger partial charge in [0.2, 0.25) is 0 Å². The van der Waals surface area contributed by atoms with Crippen molar-refractivity contribution in [2.75, 3.05) is 0 Å². The number of benzene rings is 1. The van der Waals surface area contributed by atoms with Gasteiger partial charge in [0.1, 0.15) is 4.21 Å². The zero-order chi connectivity index (χ0) is 13.9. The molecule has 1 N–H and O–H groups in total. The molecular weight excluding hydrogens is 346 g/mol. The molecule has 1 atom stereocenters. The molecule has 0 saturated carbocycles. The van der Waals surface area contributed by atoms with E-state index in [-0.39, 0.29) is 6.04 Å². The SMILES string of the molecule is CCC(NS(=O)(=O)c1cccs1)c1ccc(Br)cc1. The van der Waals surface area contributed by atoms with Crippen molar-refractivity contribution in [3.05, 3.63) is 51.8 Å². The van der Waals surface area contributed by atoms with Crippen LogP contribution in [0, 0.1) is 0 Å². The highest BCUT2D eigenvalue weighted by Crippen LogP contribution is 2.23. The van der Waals surface area contributed by atoms with Gasteiger partial charge in [-0.05, 0) is 35.6 Å². The second-order valence-corrected chi connectivity index (χ2v) is 7.87. The van der Waals surface area contributed by atoms with Gasteiger partial charge in [-0.25, -0.2) is 13.1 Å². The summed E-state index contributed by atoms with van der Waals surface area (Å²) in [5.41, 5.74) is 0.964. The fraction of sp³-hybridized carbons (Fsp3) is 0.231. The number of sulfonamides is 1. The van der Waals surface area contributed by atoms with Crippen molar-refractivity contribution in [1.82, 2.24) is 4.72 Å². The third-order valence-corrected chi connectivity index (χ3v) is 6.14. The summed E-state index contributed by atoms with van der Waals surface area (Å²) >= 11 is 4.59. The van der Waals surface area contributed by atoms with Crippen molar-refractivity contribution < 1.29 is 8.42 Å². The van der Waals surface area contributed by atoms with Gasteiger partial charge in [0.05, 0.1) is 0 Å². The zero-order valence-corrected chi connectivity index (χ0v) is 13.6. The van der Waals surface area contributed by atoms with Crippen LogP contribution in [-0.4, -0.2) is 8.42 Å². The van der Waals surface area contributed by atoms with E-state index < -0.39 is 10.0 Å². The molecule has 1 aromatic heterocycles. The van der Waals surface area contributed by atoms with E-state index in [9.17, 15) is 8.42 Å². The Morgan fingerprint density at radius 1 is 1.26 bits per heavy atom. The molecular formula is C13H14BrNO2S2. The normalized spacial score (nSPS) is 13.4. The third-order valence-electron chi connectivity index (χ3n) is 2.74. The van der Waals surface area contributed by atoms with Crippen molar-refractivity contribution in [2.24, 2.45) is 0 Å². The molecule has 0 radical (unpaired) electrons. The predicted octanol–water partition coefficient (Wildman–Crippen LogP) is 3.94. The summed E-state index contributed by atoms with van der Waals surface area (Å²) in [6.45, 7) is 1.96. The maximum atomic E-state index is 12.2. The summed E-state index contributed by atoms with van der Waals surface area (Å²) in [7, 11) is -3.43. The fourth-order valence-electron chi connectivity index (χ4n) is 1.74. The minimum absolute atomic E-state index is 0.208. The highest BCUT2D eigenvalue weighted by Gasteiger charge is 2.20. The van der Waals surface area contributed by atoms with Crippen LogP contribution >= 0.6 is 27.3 Å². The van der Waals surface area contributed by atoms with E-state index in [1.54, 1.807) is 17.5 Å². The quantitative estimate of drug-likeness (QED) is 0.878. The molecule has 0 aliphatic heterocycles. The Morgan fingerprint density at radius 3 is 2.47 bits per heavy atom. The molecule has 1 unspecified atom stereocenters. The Balaban J connectivity index is 2.22. The Hall–Kier alpha value is -0.690. The minimum atomic E-state index is -3.43. The summed E-state index contributed by atoms with van der Waals surface area (Å²) in [6, 6.07) is 10.8. The number of halogens is 1. The smallest absolute Gasteiger partial charge is 0.206 e. The third kappa shape index (κ3) is 3.66. The van der Waals surface area contributed by atoms with Crippen LogP contribution in [0.4, 0.5) is 0 Å². The molecule has 19 heavy (non-hydrogen) atoms. The number of thiophene rings is 1. The van der Waals surface area contributed by atoms with Gasteiger partial charge in [-0.3, -0.25) is 0 Å². The molecule has 1 aromatic carbocycles. The first-order valence-corrected chi connectivity index (χ1v) is 9.00. The van der Waals surface area contributed by atoms with Gasteiger partial charge >= 0.3 is 0 Å². The summed E-state index contributed by atoms with van der Waals surface area (Å²) in [5.74, 6) is 0. The number of hydrogen-bond acceptors (Lipinski definition) is 3. The van der Waals surface area contributed by atoms with Gasteiger partial charge in [0.15, 0.2) is 0 Å². The lowest BCUT2D eigenvalue weighted by atomic mass is 10.1. The molecule has 0 saturated heterocycles. The minimum Gasteiger partial charge on any atom is -0.206 e. The average molecular weight is 360 g/mol. The van der Waals surface area contributed by atoms with Crippen molar-refractivity contribution in [3.8, 4) is 0 Å². The number of rotatable bonds is 5. The summed E-state index contributed by atoms with van der Waals surface area (Å²) < 4.78 is 28.5. The Bertz CT molecular complexity index is 621. The molecule has 1 heterocycles. The van der Waals surface area contributed by atoms with Gasteiger partial charge < -0.3 is 0 Å². The fourth-order valence-corrected chi connectivity index (χ4v) is 4.33. The maximum absolute atomic E-state index is 12.2. The van der Waals surface area contributed by atoms with Gasteiger partial charge in [0.25, 0.3) is 10.0 Å². The lowest BCUT2D eigenvalue weighted by Crippen LogP contribution is -2.27. The van der Waals surface area contributed by atoms with E-state index >= 15 is 0 Å². The number of nitrogens with one attached hydrogen (secondary N) is 1. The second kappa shape index (κ2) is 6.17. The van der Waals surface area contributed by atoms with E-state index in [2.05, 4.69) is 20.7 Å². The molecule has 0 spiro atoms. The first-order valence-electron chi connectivity index (χ1n) is 5.84. The monoisotopic (exact) mass is 359 g/mol. The Labute approximate surface area is 125 Å². The summed E-state index contributed by atoms with van der Waals surface area (Å²) in [6.07, 6.45) is 0.701. The van der Waals surface area contributed by atoms with Crippen LogP contribution in [0.1, 0.15) is 24.9 Å². The molecule has 0 aliphatic rings. The maximum Gasteiger partial charge on any atom is 0.250 e. The summed E-state index contributed by atoms with van der Waals surface area (Å²) in [4.78, 5) is 0. The van der Waals surface area contributed by atoms with Crippen molar-refractivity contribution >= 4 is 37.3 Å². The van der Waals surface area contributed by atoms with Crippen LogP contribution < -0.4 is 4.72 Å². The molecule has 0 amide bonds. The van der Waals surface area contributed by atoms with E-state index in [1.165, 1.54) is 11.3 Å².